The Labute approximate surface area is 170 Å². The average Bonchev–Trinajstić information content (AvgIpc) is 2.67. The first kappa shape index (κ1) is 20.5. The minimum Gasteiger partial charge on any atom is -0.508 e. The molecule has 0 unspecified atom stereocenters. The highest BCUT2D eigenvalue weighted by atomic mass is 16.3. The predicted octanol–water partition coefficient (Wildman–Crippen LogP) is 6.11. The Morgan fingerprint density at radius 2 is 1.83 bits per heavy atom. The molecule has 2 aromatic carbocycles. The molecule has 0 aliphatic rings. The summed E-state index contributed by atoms with van der Waals surface area (Å²) in [5.41, 5.74) is 4.62. The second-order valence-electron chi connectivity index (χ2n) is 7.58. The summed E-state index contributed by atoms with van der Waals surface area (Å²) >= 11 is 0. The van der Waals surface area contributed by atoms with Gasteiger partial charge < -0.3 is 14.6 Å². The summed E-state index contributed by atoms with van der Waals surface area (Å²) in [6, 6.07) is 9.59. The fourth-order valence-electron chi connectivity index (χ4n) is 3.21. The van der Waals surface area contributed by atoms with Crippen LogP contribution in [0.3, 0.4) is 0 Å². The van der Waals surface area contributed by atoms with Crippen LogP contribution in [-0.4, -0.2) is 10.2 Å². The van der Waals surface area contributed by atoms with Crippen molar-refractivity contribution in [2.24, 2.45) is 0 Å². The molecule has 0 aliphatic heterocycles. The van der Waals surface area contributed by atoms with Crippen LogP contribution in [0.5, 0.6) is 11.5 Å². The molecule has 0 amide bonds. The Morgan fingerprint density at radius 1 is 1.03 bits per heavy atom. The third kappa shape index (κ3) is 4.96. The van der Waals surface area contributed by atoms with E-state index in [9.17, 15) is 15.0 Å². The minimum atomic E-state index is -0.170. The normalized spacial score (nSPS) is 11.6. The maximum absolute atomic E-state index is 12.9. The van der Waals surface area contributed by atoms with E-state index in [1.165, 1.54) is 29.5 Å². The molecule has 0 fully saturated rings. The molecule has 150 valence electrons. The molecule has 1 aromatic heterocycles. The van der Waals surface area contributed by atoms with E-state index in [4.69, 9.17) is 4.42 Å². The van der Waals surface area contributed by atoms with E-state index in [1.807, 2.05) is 6.07 Å². The van der Waals surface area contributed by atoms with Crippen LogP contribution in [-0.2, 0) is 6.42 Å². The molecule has 1 heterocycles. The molecule has 0 saturated heterocycles. The molecule has 0 spiro atoms. The van der Waals surface area contributed by atoms with Gasteiger partial charge in [0.2, 0.25) is 0 Å². The number of phenols is 2. The summed E-state index contributed by atoms with van der Waals surface area (Å²) in [5, 5.41) is 20.2. The van der Waals surface area contributed by atoms with Crippen molar-refractivity contribution in [3.05, 3.63) is 81.7 Å². The molecule has 3 aromatic rings. The number of fused-ring (bicyclic) bond motifs is 1. The molecule has 0 saturated carbocycles. The van der Waals surface area contributed by atoms with Crippen molar-refractivity contribution < 1.29 is 14.6 Å². The number of allylic oxidation sites excluding steroid dienone is 4. The van der Waals surface area contributed by atoms with Crippen molar-refractivity contribution in [1.82, 2.24) is 0 Å². The molecule has 3 rings (SSSR count). The summed E-state index contributed by atoms with van der Waals surface area (Å²) in [6.07, 6.45) is 8.31. The van der Waals surface area contributed by atoms with Crippen molar-refractivity contribution in [2.45, 2.75) is 40.0 Å². The average molecular weight is 390 g/mol. The molecular weight excluding hydrogens is 364 g/mol. The summed E-state index contributed by atoms with van der Waals surface area (Å²) in [7, 11) is 0. The van der Waals surface area contributed by atoms with Crippen LogP contribution in [0.4, 0.5) is 0 Å². The van der Waals surface area contributed by atoms with Crippen molar-refractivity contribution in [2.75, 3.05) is 0 Å². The van der Waals surface area contributed by atoms with Gasteiger partial charge in [-0.1, -0.05) is 29.4 Å². The van der Waals surface area contributed by atoms with Gasteiger partial charge in [-0.2, -0.15) is 0 Å². The first-order chi connectivity index (χ1) is 13.8. The summed E-state index contributed by atoms with van der Waals surface area (Å²) in [6.45, 7) is 6.27. The highest BCUT2D eigenvalue weighted by Gasteiger charge is 2.11. The van der Waals surface area contributed by atoms with E-state index in [1.54, 1.807) is 18.2 Å². The summed E-state index contributed by atoms with van der Waals surface area (Å²) in [5.74, 6) is 0.254. The van der Waals surface area contributed by atoms with Crippen LogP contribution >= 0.6 is 0 Å². The second kappa shape index (κ2) is 8.82. The third-order valence-corrected chi connectivity index (χ3v) is 4.91. The van der Waals surface area contributed by atoms with Gasteiger partial charge in [0.1, 0.15) is 23.3 Å². The van der Waals surface area contributed by atoms with Crippen molar-refractivity contribution in [3.63, 3.8) is 0 Å². The van der Waals surface area contributed by atoms with Crippen molar-refractivity contribution in [1.29, 1.82) is 0 Å². The van der Waals surface area contributed by atoms with Crippen LogP contribution in [0.1, 0.15) is 39.2 Å². The van der Waals surface area contributed by atoms with Crippen LogP contribution in [0.2, 0.25) is 0 Å². The molecule has 0 aliphatic carbocycles. The number of hydrogen-bond donors (Lipinski definition) is 2. The molecule has 0 radical (unpaired) electrons. The van der Waals surface area contributed by atoms with Gasteiger partial charge in [-0.05, 0) is 75.4 Å². The summed E-state index contributed by atoms with van der Waals surface area (Å²) in [4.78, 5) is 12.9. The van der Waals surface area contributed by atoms with E-state index in [0.29, 0.717) is 28.5 Å². The molecular formula is C25H26O4. The number of phenolic OH excluding ortho intramolecular Hbond substituents is 2. The lowest BCUT2D eigenvalue weighted by molar-refractivity contribution is 0.469. The maximum Gasteiger partial charge on any atom is 0.200 e. The zero-order chi connectivity index (χ0) is 21.0. The standard InChI is InChI=1S/C25H26O4/c1-16(2)5-4-6-17(3)7-8-19-13-18(9-12-23(19)27)22-15-29-24-14-20(26)10-11-21(24)25(22)28/h5,7,9-15,26-27H,4,6,8H2,1-3H3/b17-7-. The predicted molar refractivity (Wildman–Crippen MR) is 117 cm³/mol. The highest BCUT2D eigenvalue weighted by molar-refractivity contribution is 5.82. The highest BCUT2D eigenvalue weighted by Crippen LogP contribution is 2.27. The van der Waals surface area contributed by atoms with Gasteiger partial charge in [0, 0.05) is 6.07 Å². The Hall–Kier alpha value is -3.27. The smallest absolute Gasteiger partial charge is 0.200 e. The van der Waals surface area contributed by atoms with Gasteiger partial charge in [-0.3, -0.25) is 4.79 Å². The SMILES string of the molecule is CC(C)=CCC/C(C)=C\Cc1cc(-c2coc3cc(O)ccc3c2=O)ccc1O. The zero-order valence-electron chi connectivity index (χ0n) is 17.0. The molecule has 29 heavy (non-hydrogen) atoms. The Bertz CT molecular complexity index is 1150. The molecule has 4 heteroatoms. The van der Waals surface area contributed by atoms with E-state index in [0.717, 1.165) is 18.4 Å². The van der Waals surface area contributed by atoms with E-state index >= 15 is 0 Å². The first-order valence-electron chi connectivity index (χ1n) is 9.71. The third-order valence-electron chi connectivity index (χ3n) is 4.91. The fourth-order valence-corrected chi connectivity index (χ4v) is 3.21. The zero-order valence-corrected chi connectivity index (χ0v) is 17.0. The molecule has 4 nitrogen and oxygen atoms in total. The lowest BCUT2D eigenvalue weighted by Gasteiger charge is -2.08. The van der Waals surface area contributed by atoms with Crippen molar-refractivity contribution in [3.8, 4) is 22.6 Å². The molecule has 0 bridgehead atoms. The van der Waals surface area contributed by atoms with Gasteiger partial charge in [0.25, 0.3) is 0 Å². The van der Waals surface area contributed by atoms with Gasteiger partial charge in [0.05, 0.1) is 10.9 Å². The van der Waals surface area contributed by atoms with E-state index in [-0.39, 0.29) is 16.9 Å². The van der Waals surface area contributed by atoms with Crippen molar-refractivity contribution >= 4 is 11.0 Å². The van der Waals surface area contributed by atoms with E-state index in [2.05, 4.69) is 32.9 Å². The number of benzene rings is 2. The van der Waals surface area contributed by atoms with Crippen LogP contribution < -0.4 is 5.43 Å². The lowest BCUT2D eigenvalue weighted by atomic mass is 9.99. The molecule has 2 N–H and O–H groups in total. The Balaban J connectivity index is 1.88. The lowest BCUT2D eigenvalue weighted by Crippen LogP contribution is -2.04. The number of rotatable bonds is 6. The second-order valence-corrected chi connectivity index (χ2v) is 7.58. The monoisotopic (exact) mass is 390 g/mol. The van der Waals surface area contributed by atoms with Gasteiger partial charge in [-0.15, -0.1) is 0 Å². The number of hydrogen-bond acceptors (Lipinski definition) is 4. The maximum atomic E-state index is 12.9. The quantitative estimate of drug-likeness (QED) is 0.498. The minimum absolute atomic E-state index is 0.0482. The first-order valence-corrected chi connectivity index (χ1v) is 9.71. The topological polar surface area (TPSA) is 70.7 Å². The largest absolute Gasteiger partial charge is 0.508 e. The van der Waals surface area contributed by atoms with Gasteiger partial charge in [0.15, 0.2) is 5.43 Å². The molecule has 0 atom stereocenters. The van der Waals surface area contributed by atoms with Crippen LogP contribution in [0, 0.1) is 0 Å². The van der Waals surface area contributed by atoms with Crippen LogP contribution in [0.25, 0.3) is 22.1 Å². The number of aromatic hydroxyl groups is 2. The van der Waals surface area contributed by atoms with Gasteiger partial charge >= 0.3 is 0 Å². The Kier molecular flexibility index (Phi) is 6.23. The van der Waals surface area contributed by atoms with Crippen LogP contribution in [0.15, 0.2) is 75.2 Å². The van der Waals surface area contributed by atoms with Gasteiger partial charge in [-0.25, -0.2) is 0 Å². The fraction of sp³-hybridized carbons (Fsp3) is 0.240. The summed E-state index contributed by atoms with van der Waals surface area (Å²) < 4.78 is 5.55. The van der Waals surface area contributed by atoms with E-state index < -0.39 is 0 Å². The Morgan fingerprint density at radius 3 is 2.59 bits per heavy atom.